The molecule has 2 rings (SSSR count). The van der Waals surface area contributed by atoms with Crippen molar-refractivity contribution < 1.29 is 4.79 Å². The third-order valence-corrected chi connectivity index (χ3v) is 3.54. The van der Waals surface area contributed by atoms with E-state index in [0.29, 0.717) is 10.9 Å². The lowest BCUT2D eigenvalue weighted by atomic mass is 9.80. The molecule has 1 aliphatic rings. The molecule has 0 atom stereocenters. The molecule has 0 amide bonds. The molecule has 0 saturated heterocycles. The van der Waals surface area contributed by atoms with Crippen molar-refractivity contribution in [2.45, 2.75) is 26.7 Å². The first-order chi connectivity index (χ1) is 7.01. The first kappa shape index (κ1) is 10.7. The van der Waals surface area contributed by atoms with Crippen LogP contribution in [0.4, 0.5) is 0 Å². The molecule has 1 fully saturated rings. The highest BCUT2D eigenvalue weighted by Gasteiger charge is 2.43. The molecule has 1 nitrogen and oxygen atoms in total. The van der Waals surface area contributed by atoms with E-state index in [1.54, 1.807) is 12.1 Å². The van der Waals surface area contributed by atoms with Gasteiger partial charge in [-0.05, 0) is 43.0 Å². The average molecular weight is 223 g/mol. The Balaban J connectivity index is 2.23. The molecule has 0 radical (unpaired) electrons. The fourth-order valence-corrected chi connectivity index (χ4v) is 2.09. The maximum absolute atomic E-state index is 12.2. The van der Waals surface area contributed by atoms with Crippen LogP contribution in [0, 0.1) is 11.3 Å². The lowest BCUT2D eigenvalue weighted by Crippen LogP contribution is -2.26. The highest BCUT2D eigenvalue weighted by atomic mass is 35.5. The molecule has 1 saturated carbocycles. The number of ketones is 1. The quantitative estimate of drug-likeness (QED) is 0.708. The zero-order valence-electron chi connectivity index (χ0n) is 9.09. The summed E-state index contributed by atoms with van der Waals surface area (Å²) < 4.78 is 0. The smallest absolute Gasteiger partial charge is 0.168 e. The summed E-state index contributed by atoms with van der Waals surface area (Å²) in [5, 5.41) is 0.677. The Morgan fingerprint density at radius 1 is 1.27 bits per heavy atom. The van der Waals surface area contributed by atoms with E-state index in [9.17, 15) is 4.79 Å². The van der Waals surface area contributed by atoms with Crippen molar-refractivity contribution in [3.05, 3.63) is 34.9 Å². The van der Waals surface area contributed by atoms with Gasteiger partial charge in [0.15, 0.2) is 5.78 Å². The Bertz CT molecular complexity index is 374. The van der Waals surface area contributed by atoms with Gasteiger partial charge in [0.2, 0.25) is 0 Å². The van der Waals surface area contributed by atoms with Gasteiger partial charge in [-0.25, -0.2) is 0 Å². The van der Waals surface area contributed by atoms with E-state index in [0.717, 1.165) is 5.56 Å². The molecule has 0 bridgehead atoms. The highest BCUT2D eigenvalue weighted by Crippen LogP contribution is 2.46. The Labute approximate surface area is 95.4 Å². The average Bonchev–Trinajstić information content (AvgIpc) is 3.01. The number of hydrogen-bond donors (Lipinski definition) is 0. The lowest BCUT2D eigenvalue weighted by Gasteiger charge is -2.22. The van der Waals surface area contributed by atoms with E-state index in [-0.39, 0.29) is 11.2 Å². The molecule has 80 valence electrons. The monoisotopic (exact) mass is 222 g/mol. The number of rotatable bonds is 3. The molecule has 0 unspecified atom stereocenters. The van der Waals surface area contributed by atoms with Crippen molar-refractivity contribution in [1.29, 1.82) is 0 Å². The molecule has 0 heterocycles. The van der Waals surface area contributed by atoms with E-state index in [4.69, 9.17) is 11.6 Å². The number of hydrogen-bond acceptors (Lipinski definition) is 1. The molecular weight excluding hydrogens is 208 g/mol. The third-order valence-electron chi connectivity index (χ3n) is 3.29. The van der Waals surface area contributed by atoms with Crippen molar-refractivity contribution >= 4 is 17.4 Å². The van der Waals surface area contributed by atoms with Gasteiger partial charge < -0.3 is 0 Å². The minimum Gasteiger partial charge on any atom is -0.294 e. The van der Waals surface area contributed by atoms with Gasteiger partial charge in [0.25, 0.3) is 0 Å². The maximum Gasteiger partial charge on any atom is 0.168 e. The van der Waals surface area contributed by atoms with Crippen molar-refractivity contribution in [2.24, 2.45) is 11.3 Å². The van der Waals surface area contributed by atoms with E-state index in [1.165, 1.54) is 12.8 Å². The third kappa shape index (κ3) is 2.07. The molecule has 0 aromatic heterocycles. The Morgan fingerprint density at radius 3 is 2.27 bits per heavy atom. The Kier molecular flexibility index (Phi) is 2.59. The first-order valence-electron chi connectivity index (χ1n) is 5.32. The topological polar surface area (TPSA) is 17.1 Å². The SMILES string of the molecule is CC(C)(C(=O)c1ccc(Cl)cc1)C1CC1. The second-order valence-corrected chi connectivity index (χ2v) is 5.27. The Morgan fingerprint density at radius 2 is 1.80 bits per heavy atom. The predicted octanol–water partition coefficient (Wildman–Crippen LogP) is 3.96. The summed E-state index contributed by atoms with van der Waals surface area (Å²) in [5.41, 5.74) is 0.560. The fraction of sp³-hybridized carbons (Fsp3) is 0.462. The van der Waals surface area contributed by atoms with Gasteiger partial charge in [-0.15, -0.1) is 0 Å². The van der Waals surface area contributed by atoms with Gasteiger partial charge in [-0.2, -0.15) is 0 Å². The van der Waals surface area contributed by atoms with Crippen molar-refractivity contribution in [3.63, 3.8) is 0 Å². The van der Waals surface area contributed by atoms with Crippen LogP contribution in [0.15, 0.2) is 24.3 Å². The molecule has 1 aromatic carbocycles. The van der Waals surface area contributed by atoms with E-state index in [1.807, 2.05) is 26.0 Å². The van der Waals surface area contributed by atoms with Crippen LogP contribution in [0.25, 0.3) is 0 Å². The first-order valence-corrected chi connectivity index (χ1v) is 5.70. The maximum atomic E-state index is 12.2. The van der Waals surface area contributed by atoms with E-state index < -0.39 is 0 Å². The van der Waals surface area contributed by atoms with Crippen LogP contribution in [-0.2, 0) is 0 Å². The normalized spacial score (nSPS) is 16.5. The zero-order valence-corrected chi connectivity index (χ0v) is 9.84. The number of benzene rings is 1. The zero-order chi connectivity index (χ0) is 11.1. The summed E-state index contributed by atoms with van der Waals surface area (Å²) >= 11 is 5.79. The van der Waals surface area contributed by atoms with Gasteiger partial charge in [0, 0.05) is 16.0 Å². The molecule has 0 N–H and O–H groups in total. The van der Waals surface area contributed by atoms with Gasteiger partial charge in [0.1, 0.15) is 0 Å². The van der Waals surface area contributed by atoms with E-state index >= 15 is 0 Å². The number of halogens is 1. The van der Waals surface area contributed by atoms with Crippen LogP contribution < -0.4 is 0 Å². The van der Waals surface area contributed by atoms with Gasteiger partial charge in [-0.3, -0.25) is 4.79 Å². The summed E-state index contributed by atoms with van der Waals surface area (Å²) in [5.74, 6) is 0.808. The molecule has 1 aliphatic carbocycles. The Hall–Kier alpha value is -0.820. The molecule has 2 heteroatoms. The second-order valence-electron chi connectivity index (χ2n) is 4.83. The molecule has 0 spiro atoms. The lowest BCUT2D eigenvalue weighted by molar-refractivity contribution is 0.0809. The molecular formula is C13H15ClO. The second kappa shape index (κ2) is 3.64. The summed E-state index contributed by atoms with van der Waals surface area (Å²) in [6.07, 6.45) is 2.37. The summed E-state index contributed by atoms with van der Waals surface area (Å²) in [6, 6.07) is 7.18. The number of carbonyl (C=O) groups excluding carboxylic acids is 1. The number of Topliss-reactive ketones (excluding diaryl/α,β-unsaturated/α-hetero) is 1. The van der Waals surface area contributed by atoms with Crippen LogP contribution in [0.2, 0.25) is 5.02 Å². The molecule has 15 heavy (non-hydrogen) atoms. The minimum absolute atomic E-state index is 0.214. The standard InChI is InChI=1S/C13H15ClO/c1-13(2,10-5-6-10)12(15)9-3-7-11(14)8-4-9/h3-4,7-8,10H,5-6H2,1-2H3. The largest absolute Gasteiger partial charge is 0.294 e. The summed E-state index contributed by atoms with van der Waals surface area (Å²) in [7, 11) is 0. The number of carbonyl (C=O) groups is 1. The van der Waals surface area contributed by atoms with Gasteiger partial charge in [-0.1, -0.05) is 25.4 Å². The van der Waals surface area contributed by atoms with Crippen LogP contribution in [0.3, 0.4) is 0 Å². The van der Waals surface area contributed by atoms with Gasteiger partial charge in [0.05, 0.1) is 0 Å². The molecule has 1 aromatic rings. The van der Waals surface area contributed by atoms with Crippen LogP contribution in [0.5, 0.6) is 0 Å². The van der Waals surface area contributed by atoms with Gasteiger partial charge >= 0.3 is 0 Å². The molecule has 0 aliphatic heterocycles. The fourth-order valence-electron chi connectivity index (χ4n) is 1.96. The summed E-state index contributed by atoms with van der Waals surface area (Å²) in [6.45, 7) is 4.09. The summed E-state index contributed by atoms with van der Waals surface area (Å²) in [4.78, 5) is 12.2. The van der Waals surface area contributed by atoms with Crippen LogP contribution >= 0.6 is 11.6 Å². The van der Waals surface area contributed by atoms with Crippen molar-refractivity contribution in [3.8, 4) is 0 Å². The minimum atomic E-state index is -0.214. The van der Waals surface area contributed by atoms with E-state index in [2.05, 4.69) is 0 Å². The highest BCUT2D eigenvalue weighted by molar-refractivity contribution is 6.30. The van der Waals surface area contributed by atoms with Crippen LogP contribution in [0.1, 0.15) is 37.0 Å². The van der Waals surface area contributed by atoms with Crippen LogP contribution in [-0.4, -0.2) is 5.78 Å². The van der Waals surface area contributed by atoms with Crippen molar-refractivity contribution in [2.75, 3.05) is 0 Å². The van der Waals surface area contributed by atoms with Crippen molar-refractivity contribution in [1.82, 2.24) is 0 Å². The predicted molar refractivity (Wildman–Crippen MR) is 62.3 cm³/mol.